The van der Waals surface area contributed by atoms with Gasteiger partial charge in [-0.2, -0.15) is 0 Å². The molecule has 0 fully saturated rings. The van der Waals surface area contributed by atoms with E-state index in [1.54, 1.807) is 12.1 Å². The highest BCUT2D eigenvalue weighted by atomic mass is 32.1. The molecule has 0 atom stereocenters. The third-order valence-electron chi connectivity index (χ3n) is 3.53. The molecule has 2 aromatic carbocycles. The van der Waals surface area contributed by atoms with Gasteiger partial charge >= 0.3 is 0 Å². The van der Waals surface area contributed by atoms with Crippen LogP contribution in [0.25, 0.3) is 11.3 Å². The van der Waals surface area contributed by atoms with E-state index in [-0.39, 0.29) is 11.7 Å². The maximum absolute atomic E-state index is 12.5. The van der Waals surface area contributed by atoms with Crippen molar-refractivity contribution in [2.45, 2.75) is 6.42 Å². The summed E-state index contributed by atoms with van der Waals surface area (Å²) < 4.78 is 0. The van der Waals surface area contributed by atoms with Crippen LogP contribution in [-0.2, 0) is 6.42 Å². The van der Waals surface area contributed by atoms with E-state index in [9.17, 15) is 9.90 Å². The lowest BCUT2D eigenvalue weighted by molar-refractivity contribution is 0.0958. The van der Waals surface area contributed by atoms with E-state index >= 15 is 0 Å². The van der Waals surface area contributed by atoms with E-state index in [1.165, 1.54) is 11.3 Å². The number of nitrogen functional groups attached to an aromatic ring is 1. The van der Waals surface area contributed by atoms with Crippen LogP contribution in [0.3, 0.4) is 0 Å². The summed E-state index contributed by atoms with van der Waals surface area (Å²) in [5.41, 5.74) is 8.31. The molecular weight excluding hydrogens is 322 g/mol. The number of hydrogen-bond donors (Lipinski definition) is 3. The second-order valence-corrected chi connectivity index (χ2v) is 6.30. The van der Waals surface area contributed by atoms with Crippen LogP contribution >= 0.6 is 11.3 Å². The fourth-order valence-corrected chi connectivity index (χ4v) is 3.12. The molecule has 0 aliphatic rings. The number of aromatic hydroxyl groups is 1. The number of anilines is 1. The molecule has 3 aromatic rings. The number of phenols is 1. The summed E-state index contributed by atoms with van der Waals surface area (Å²) in [4.78, 5) is 17.3. The number of rotatable bonds is 5. The molecule has 5 nitrogen and oxygen atoms in total. The summed E-state index contributed by atoms with van der Waals surface area (Å²) in [5.74, 6) is 0.0530. The highest BCUT2D eigenvalue weighted by molar-refractivity contribution is 7.17. The lowest BCUT2D eigenvalue weighted by Gasteiger charge is -2.06. The Bertz CT molecular complexity index is 829. The normalized spacial score (nSPS) is 10.5. The van der Waals surface area contributed by atoms with E-state index in [4.69, 9.17) is 5.73 Å². The van der Waals surface area contributed by atoms with Crippen LogP contribution in [0.1, 0.15) is 15.2 Å². The minimum atomic E-state index is -0.179. The Labute approximate surface area is 143 Å². The van der Waals surface area contributed by atoms with Gasteiger partial charge in [0.2, 0.25) is 0 Å². The average molecular weight is 339 g/mol. The minimum absolute atomic E-state index is 0.179. The van der Waals surface area contributed by atoms with Gasteiger partial charge in [-0.25, -0.2) is 4.98 Å². The Balaban J connectivity index is 1.68. The van der Waals surface area contributed by atoms with Gasteiger partial charge in [-0.3, -0.25) is 4.79 Å². The van der Waals surface area contributed by atoms with E-state index in [0.29, 0.717) is 28.7 Å². The largest absolute Gasteiger partial charge is 0.508 e. The van der Waals surface area contributed by atoms with Crippen molar-refractivity contribution in [3.63, 3.8) is 0 Å². The quantitative estimate of drug-likeness (QED) is 0.666. The summed E-state index contributed by atoms with van der Waals surface area (Å²) in [7, 11) is 0. The van der Waals surface area contributed by atoms with Gasteiger partial charge in [0.15, 0.2) is 5.13 Å². The van der Waals surface area contributed by atoms with Crippen LogP contribution in [0, 0.1) is 0 Å². The number of nitrogens with one attached hydrogen (secondary N) is 1. The van der Waals surface area contributed by atoms with Crippen LogP contribution in [-0.4, -0.2) is 22.5 Å². The fourth-order valence-electron chi connectivity index (χ4n) is 2.35. The Hall–Kier alpha value is -2.86. The number of amides is 1. The lowest BCUT2D eigenvalue weighted by Crippen LogP contribution is -2.25. The van der Waals surface area contributed by atoms with Crippen molar-refractivity contribution in [3.8, 4) is 17.0 Å². The summed E-state index contributed by atoms with van der Waals surface area (Å²) in [5, 5.41) is 12.5. The SMILES string of the molecule is Nc1nc(-c2ccccc2)c(C(=O)NCCc2ccc(O)cc2)s1. The molecule has 0 aliphatic heterocycles. The zero-order valence-corrected chi connectivity index (χ0v) is 13.7. The van der Waals surface area contributed by atoms with Crippen LogP contribution in [0.4, 0.5) is 5.13 Å². The topological polar surface area (TPSA) is 88.2 Å². The van der Waals surface area contributed by atoms with Gasteiger partial charge in [-0.1, -0.05) is 53.8 Å². The number of benzene rings is 2. The van der Waals surface area contributed by atoms with Crippen LogP contribution in [0.15, 0.2) is 54.6 Å². The summed E-state index contributed by atoms with van der Waals surface area (Å²) in [6.45, 7) is 0.496. The summed E-state index contributed by atoms with van der Waals surface area (Å²) in [6.07, 6.45) is 0.682. The summed E-state index contributed by atoms with van der Waals surface area (Å²) >= 11 is 1.19. The molecule has 6 heteroatoms. The predicted molar refractivity (Wildman–Crippen MR) is 96.1 cm³/mol. The fraction of sp³-hybridized carbons (Fsp3) is 0.111. The highest BCUT2D eigenvalue weighted by Crippen LogP contribution is 2.29. The van der Waals surface area contributed by atoms with E-state index < -0.39 is 0 Å². The van der Waals surface area contributed by atoms with E-state index in [0.717, 1.165) is 11.1 Å². The van der Waals surface area contributed by atoms with Crippen molar-refractivity contribution in [3.05, 3.63) is 65.0 Å². The van der Waals surface area contributed by atoms with Crippen molar-refractivity contribution in [1.29, 1.82) is 0 Å². The van der Waals surface area contributed by atoms with Crippen LogP contribution < -0.4 is 11.1 Å². The van der Waals surface area contributed by atoms with Crippen LogP contribution in [0.2, 0.25) is 0 Å². The first-order valence-corrected chi connectivity index (χ1v) is 8.33. The number of carbonyl (C=O) groups is 1. The van der Waals surface area contributed by atoms with Gasteiger partial charge in [0.05, 0.1) is 5.69 Å². The number of hydrogen-bond acceptors (Lipinski definition) is 5. The third kappa shape index (κ3) is 3.72. The van der Waals surface area contributed by atoms with Crippen LogP contribution in [0.5, 0.6) is 5.75 Å². The third-order valence-corrected chi connectivity index (χ3v) is 4.42. The minimum Gasteiger partial charge on any atom is -0.508 e. The van der Waals surface area contributed by atoms with Crippen molar-refractivity contribution < 1.29 is 9.90 Å². The number of nitrogens with zero attached hydrogens (tertiary/aromatic N) is 1. The first kappa shape index (κ1) is 16.0. The standard InChI is InChI=1S/C18H17N3O2S/c19-18-21-15(13-4-2-1-3-5-13)16(24-18)17(23)20-11-10-12-6-8-14(22)9-7-12/h1-9,22H,10-11H2,(H2,19,21)(H,20,23). The Morgan fingerprint density at radius 2 is 1.83 bits per heavy atom. The first-order valence-electron chi connectivity index (χ1n) is 7.51. The molecule has 0 saturated heterocycles. The zero-order chi connectivity index (χ0) is 16.9. The molecule has 0 saturated carbocycles. The van der Waals surface area contributed by atoms with Gasteiger partial charge in [0.1, 0.15) is 10.6 Å². The number of phenolic OH excluding ortho intramolecular Hbond substituents is 1. The van der Waals surface area contributed by atoms with E-state index in [1.807, 2.05) is 42.5 Å². The van der Waals surface area contributed by atoms with Crippen molar-refractivity contribution in [2.24, 2.45) is 0 Å². The smallest absolute Gasteiger partial charge is 0.263 e. The number of thiazole rings is 1. The van der Waals surface area contributed by atoms with E-state index in [2.05, 4.69) is 10.3 Å². The average Bonchev–Trinajstić information content (AvgIpc) is 2.99. The predicted octanol–water partition coefficient (Wildman–Crippen LogP) is 3.07. The molecule has 1 aromatic heterocycles. The molecule has 0 unspecified atom stereocenters. The number of aromatic nitrogens is 1. The Morgan fingerprint density at radius 3 is 2.54 bits per heavy atom. The maximum atomic E-state index is 12.5. The maximum Gasteiger partial charge on any atom is 0.263 e. The first-order chi connectivity index (χ1) is 11.6. The summed E-state index contributed by atoms with van der Waals surface area (Å²) in [6, 6.07) is 16.5. The molecule has 4 N–H and O–H groups in total. The van der Waals surface area contributed by atoms with Gasteiger partial charge in [-0.15, -0.1) is 0 Å². The van der Waals surface area contributed by atoms with Gasteiger partial charge in [-0.05, 0) is 24.1 Å². The molecule has 3 rings (SSSR count). The Kier molecular flexibility index (Phi) is 4.77. The molecule has 0 bridgehead atoms. The zero-order valence-electron chi connectivity index (χ0n) is 12.9. The second kappa shape index (κ2) is 7.14. The Morgan fingerprint density at radius 1 is 1.12 bits per heavy atom. The molecule has 1 heterocycles. The van der Waals surface area contributed by atoms with Gasteiger partial charge in [0.25, 0.3) is 5.91 Å². The molecule has 0 radical (unpaired) electrons. The number of nitrogens with two attached hydrogens (primary N) is 1. The van der Waals surface area contributed by atoms with Gasteiger partial charge < -0.3 is 16.2 Å². The van der Waals surface area contributed by atoms with Gasteiger partial charge in [0, 0.05) is 12.1 Å². The van der Waals surface area contributed by atoms with Crippen molar-refractivity contribution in [2.75, 3.05) is 12.3 Å². The lowest BCUT2D eigenvalue weighted by atomic mass is 10.1. The second-order valence-electron chi connectivity index (χ2n) is 5.27. The van der Waals surface area contributed by atoms with Crippen molar-refractivity contribution in [1.82, 2.24) is 10.3 Å². The molecule has 0 spiro atoms. The molecule has 1 amide bonds. The molecule has 122 valence electrons. The van der Waals surface area contributed by atoms with Crippen molar-refractivity contribution >= 4 is 22.4 Å². The monoisotopic (exact) mass is 339 g/mol. The molecule has 0 aliphatic carbocycles. The molecule has 24 heavy (non-hydrogen) atoms. The molecular formula is C18H17N3O2S. The highest BCUT2D eigenvalue weighted by Gasteiger charge is 2.18. The number of carbonyl (C=O) groups excluding carboxylic acids is 1.